The van der Waals surface area contributed by atoms with Crippen molar-refractivity contribution in [2.75, 3.05) is 14.2 Å². The van der Waals surface area contributed by atoms with Crippen molar-refractivity contribution in [2.45, 2.75) is 13.0 Å². The van der Waals surface area contributed by atoms with E-state index in [4.69, 9.17) is 22.7 Å². The molecule has 18 heavy (non-hydrogen) atoms. The van der Waals surface area contributed by atoms with E-state index in [1.165, 1.54) is 25.0 Å². The standard InChI is InChI=1S/C12H16N2O3S/c1-7(15)14(2)11(12(13)18)8-4-5-9(16)10(6-8)17-3/h4-6,11,16H,1-3H3,(H2,13,18). The van der Waals surface area contributed by atoms with Gasteiger partial charge in [0.15, 0.2) is 11.5 Å². The summed E-state index contributed by atoms with van der Waals surface area (Å²) in [7, 11) is 3.06. The molecule has 1 unspecified atom stereocenters. The summed E-state index contributed by atoms with van der Waals surface area (Å²) in [5.41, 5.74) is 6.36. The van der Waals surface area contributed by atoms with E-state index in [1.807, 2.05) is 0 Å². The molecule has 0 aliphatic rings. The first kappa shape index (κ1) is 14.2. The molecule has 1 aromatic carbocycles. The van der Waals surface area contributed by atoms with Gasteiger partial charge in [-0.2, -0.15) is 0 Å². The number of amides is 1. The molecule has 0 aromatic heterocycles. The maximum atomic E-state index is 11.4. The van der Waals surface area contributed by atoms with E-state index in [2.05, 4.69) is 0 Å². The highest BCUT2D eigenvalue weighted by atomic mass is 32.1. The molecule has 0 spiro atoms. The summed E-state index contributed by atoms with van der Waals surface area (Å²) in [5, 5.41) is 9.53. The Morgan fingerprint density at radius 1 is 1.56 bits per heavy atom. The summed E-state index contributed by atoms with van der Waals surface area (Å²) in [6, 6.07) is 4.22. The molecule has 0 saturated carbocycles. The van der Waals surface area contributed by atoms with Crippen LogP contribution in [0.25, 0.3) is 0 Å². The predicted molar refractivity (Wildman–Crippen MR) is 72.6 cm³/mol. The van der Waals surface area contributed by atoms with E-state index in [-0.39, 0.29) is 16.6 Å². The second-order valence-electron chi connectivity index (χ2n) is 3.87. The van der Waals surface area contributed by atoms with E-state index in [0.717, 1.165) is 0 Å². The van der Waals surface area contributed by atoms with Gasteiger partial charge in [0.25, 0.3) is 0 Å². The number of carbonyl (C=O) groups is 1. The Morgan fingerprint density at radius 2 is 2.17 bits per heavy atom. The number of aromatic hydroxyl groups is 1. The van der Waals surface area contributed by atoms with Crippen LogP contribution in [0, 0.1) is 0 Å². The molecule has 1 rings (SSSR count). The maximum Gasteiger partial charge on any atom is 0.220 e. The van der Waals surface area contributed by atoms with Gasteiger partial charge in [0.1, 0.15) is 11.0 Å². The van der Waals surface area contributed by atoms with Crippen LogP contribution in [0.5, 0.6) is 11.5 Å². The van der Waals surface area contributed by atoms with Gasteiger partial charge in [0.05, 0.1) is 7.11 Å². The third-order valence-electron chi connectivity index (χ3n) is 2.67. The molecule has 0 bridgehead atoms. The highest BCUT2D eigenvalue weighted by Gasteiger charge is 2.23. The van der Waals surface area contributed by atoms with Gasteiger partial charge >= 0.3 is 0 Å². The number of likely N-dealkylation sites (N-methyl/N-ethyl adjacent to an activating group) is 1. The van der Waals surface area contributed by atoms with E-state index < -0.39 is 6.04 Å². The van der Waals surface area contributed by atoms with Crippen molar-refractivity contribution in [2.24, 2.45) is 5.73 Å². The minimum absolute atomic E-state index is 0.0217. The first-order valence-electron chi connectivity index (χ1n) is 5.28. The van der Waals surface area contributed by atoms with E-state index in [9.17, 15) is 9.90 Å². The van der Waals surface area contributed by atoms with Gasteiger partial charge in [0, 0.05) is 14.0 Å². The Bertz CT molecular complexity index is 476. The van der Waals surface area contributed by atoms with E-state index >= 15 is 0 Å². The molecule has 1 aromatic rings. The molecule has 0 radical (unpaired) electrons. The number of hydrogen-bond acceptors (Lipinski definition) is 4. The maximum absolute atomic E-state index is 11.4. The molecule has 0 heterocycles. The van der Waals surface area contributed by atoms with Crippen LogP contribution < -0.4 is 10.5 Å². The molecule has 3 N–H and O–H groups in total. The molecule has 1 amide bonds. The van der Waals surface area contributed by atoms with Gasteiger partial charge in [-0.3, -0.25) is 4.79 Å². The fourth-order valence-electron chi connectivity index (χ4n) is 1.62. The number of ether oxygens (including phenoxy) is 1. The molecule has 0 aliphatic carbocycles. The lowest BCUT2D eigenvalue weighted by molar-refractivity contribution is -0.128. The summed E-state index contributed by atoms with van der Waals surface area (Å²) in [5.74, 6) is 0.180. The van der Waals surface area contributed by atoms with E-state index in [0.29, 0.717) is 11.3 Å². The molecule has 0 fully saturated rings. The molecule has 6 heteroatoms. The van der Waals surface area contributed by atoms with Crippen LogP contribution in [-0.4, -0.2) is 35.1 Å². The number of carbonyl (C=O) groups excluding carboxylic acids is 1. The Labute approximate surface area is 111 Å². The van der Waals surface area contributed by atoms with Crippen molar-refractivity contribution in [1.29, 1.82) is 0 Å². The topological polar surface area (TPSA) is 75.8 Å². The first-order valence-corrected chi connectivity index (χ1v) is 5.69. The fourth-order valence-corrected chi connectivity index (χ4v) is 1.92. The Kier molecular flexibility index (Phi) is 4.49. The highest BCUT2D eigenvalue weighted by Crippen LogP contribution is 2.30. The molecule has 5 nitrogen and oxygen atoms in total. The van der Waals surface area contributed by atoms with E-state index in [1.54, 1.807) is 19.2 Å². The average molecular weight is 268 g/mol. The lowest BCUT2D eigenvalue weighted by Crippen LogP contribution is -2.37. The van der Waals surface area contributed by atoms with Crippen LogP contribution in [0.3, 0.4) is 0 Å². The lowest BCUT2D eigenvalue weighted by Gasteiger charge is -2.27. The predicted octanol–water partition coefficient (Wildman–Crippen LogP) is 1.21. The third-order valence-corrected chi connectivity index (χ3v) is 2.90. The first-order chi connectivity index (χ1) is 8.38. The SMILES string of the molecule is COc1cc(C(C(N)=S)N(C)C(C)=O)ccc1O. The number of nitrogens with two attached hydrogens (primary N) is 1. The van der Waals surface area contributed by atoms with Gasteiger partial charge in [-0.05, 0) is 17.7 Å². The van der Waals surface area contributed by atoms with Gasteiger partial charge < -0.3 is 20.5 Å². The Hall–Kier alpha value is -1.82. The van der Waals surface area contributed by atoms with Crippen molar-refractivity contribution < 1.29 is 14.6 Å². The second-order valence-corrected chi connectivity index (χ2v) is 4.34. The monoisotopic (exact) mass is 268 g/mol. The number of thiocarbonyl (C=S) groups is 1. The smallest absolute Gasteiger partial charge is 0.220 e. The number of hydrogen-bond donors (Lipinski definition) is 2. The highest BCUT2D eigenvalue weighted by molar-refractivity contribution is 7.80. The van der Waals surface area contributed by atoms with Gasteiger partial charge in [-0.25, -0.2) is 0 Å². The normalized spacial score (nSPS) is 11.7. The largest absolute Gasteiger partial charge is 0.504 e. The Morgan fingerprint density at radius 3 is 2.61 bits per heavy atom. The lowest BCUT2D eigenvalue weighted by atomic mass is 10.0. The Balaban J connectivity index is 3.22. The van der Waals surface area contributed by atoms with Gasteiger partial charge in [-0.1, -0.05) is 18.3 Å². The van der Waals surface area contributed by atoms with Crippen LogP contribution in [0.15, 0.2) is 18.2 Å². The minimum Gasteiger partial charge on any atom is -0.504 e. The fraction of sp³-hybridized carbons (Fsp3) is 0.333. The molecular weight excluding hydrogens is 252 g/mol. The van der Waals surface area contributed by atoms with Crippen LogP contribution >= 0.6 is 12.2 Å². The summed E-state index contributed by atoms with van der Waals surface area (Å²) in [6.07, 6.45) is 0. The third kappa shape index (κ3) is 2.89. The van der Waals surface area contributed by atoms with Crippen molar-refractivity contribution in [1.82, 2.24) is 4.90 Å². The zero-order valence-electron chi connectivity index (χ0n) is 10.5. The van der Waals surface area contributed by atoms with Gasteiger partial charge in [-0.15, -0.1) is 0 Å². The van der Waals surface area contributed by atoms with Crippen LogP contribution in [0.4, 0.5) is 0 Å². The summed E-state index contributed by atoms with van der Waals surface area (Å²) >= 11 is 4.99. The molecule has 98 valence electrons. The average Bonchev–Trinajstić information content (AvgIpc) is 2.30. The zero-order valence-corrected chi connectivity index (χ0v) is 11.3. The number of phenolic OH excluding ortho intramolecular Hbond substituents is 1. The van der Waals surface area contributed by atoms with Gasteiger partial charge in [0.2, 0.25) is 5.91 Å². The van der Waals surface area contributed by atoms with Crippen molar-refractivity contribution in [3.63, 3.8) is 0 Å². The summed E-state index contributed by atoms with van der Waals surface area (Å²) < 4.78 is 5.02. The van der Waals surface area contributed by atoms with Crippen LogP contribution in [-0.2, 0) is 4.79 Å². The summed E-state index contributed by atoms with van der Waals surface area (Å²) in [4.78, 5) is 13.0. The van der Waals surface area contributed by atoms with Crippen LogP contribution in [0.2, 0.25) is 0 Å². The quantitative estimate of drug-likeness (QED) is 0.803. The van der Waals surface area contributed by atoms with Crippen LogP contribution in [0.1, 0.15) is 18.5 Å². The molecule has 0 saturated heterocycles. The minimum atomic E-state index is -0.521. The van der Waals surface area contributed by atoms with Crippen molar-refractivity contribution in [3.8, 4) is 11.5 Å². The number of methoxy groups -OCH3 is 1. The second kappa shape index (κ2) is 5.68. The number of phenols is 1. The number of rotatable bonds is 4. The molecule has 1 atom stereocenters. The number of benzene rings is 1. The zero-order chi connectivity index (χ0) is 13.9. The van der Waals surface area contributed by atoms with Crippen molar-refractivity contribution in [3.05, 3.63) is 23.8 Å². The molecular formula is C12H16N2O3S. The number of nitrogens with zero attached hydrogens (tertiary/aromatic N) is 1. The molecule has 0 aliphatic heterocycles. The van der Waals surface area contributed by atoms with Crippen molar-refractivity contribution >= 4 is 23.1 Å². The summed E-state index contributed by atoms with van der Waals surface area (Å²) in [6.45, 7) is 1.43.